The second-order valence-electron chi connectivity index (χ2n) is 6.93. The number of rotatable bonds is 2. The molecule has 5 heteroatoms. The summed E-state index contributed by atoms with van der Waals surface area (Å²) in [7, 11) is 1.63. The Hall–Kier alpha value is -2.69. The summed E-state index contributed by atoms with van der Waals surface area (Å²) < 4.78 is 1.31. The third kappa shape index (κ3) is 3.02. The molecule has 1 aliphatic heterocycles. The van der Waals surface area contributed by atoms with Crippen LogP contribution in [0.1, 0.15) is 23.2 Å². The summed E-state index contributed by atoms with van der Waals surface area (Å²) >= 11 is 0. The van der Waals surface area contributed by atoms with Crippen molar-refractivity contribution in [2.45, 2.75) is 12.8 Å². The second-order valence-corrected chi connectivity index (χ2v) is 6.93. The summed E-state index contributed by atoms with van der Waals surface area (Å²) in [5, 5.41) is 4.25. The summed E-state index contributed by atoms with van der Waals surface area (Å²) in [6.45, 7) is 1.72. The quantitative estimate of drug-likeness (QED) is 0.792. The van der Waals surface area contributed by atoms with E-state index in [4.69, 9.17) is 0 Å². The molecule has 1 aromatic carbocycles. The fourth-order valence-corrected chi connectivity index (χ4v) is 3.80. The lowest BCUT2D eigenvalue weighted by Crippen LogP contribution is -2.28. The van der Waals surface area contributed by atoms with Crippen LogP contribution >= 0.6 is 0 Å². The molecule has 25 heavy (non-hydrogen) atoms. The van der Waals surface area contributed by atoms with Crippen LogP contribution in [0.2, 0.25) is 0 Å². The second kappa shape index (κ2) is 6.31. The van der Waals surface area contributed by atoms with Crippen LogP contribution in [-0.4, -0.2) is 33.7 Å². The number of aromatic nitrogens is 2. The van der Waals surface area contributed by atoms with Crippen LogP contribution in [0.3, 0.4) is 0 Å². The molecule has 2 aliphatic rings. The smallest absolute Gasteiger partial charge is 0.266 e. The molecule has 5 nitrogen and oxygen atoms in total. The average molecular weight is 335 g/mol. The van der Waals surface area contributed by atoms with Crippen molar-refractivity contribution in [3.63, 3.8) is 0 Å². The van der Waals surface area contributed by atoms with Crippen LogP contribution < -0.4 is 5.56 Å². The van der Waals surface area contributed by atoms with Gasteiger partial charge in [0.15, 0.2) is 0 Å². The number of carbonyl (C=O) groups is 1. The number of amides is 1. The molecule has 0 saturated carbocycles. The Morgan fingerprint density at radius 3 is 2.24 bits per heavy atom. The third-order valence-electron chi connectivity index (χ3n) is 5.30. The van der Waals surface area contributed by atoms with Gasteiger partial charge in [-0.05, 0) is 42.9 Å². The van der Waals surface area contributed by atoms with Crippen molar-refractivity contribution in [2.24, 2.45) is 18.9 Å². The van der Waals surface area contributed by atoms with Gasteiger partial charge >= 0.3 is 0 Å². The monoisotopic (exact) mass is 335 g/mol. The Bertz CT molecular complexity index is 867. The Morgan fingerprint density at radius 1 is 1.00 bits per heavy atom. The van der Waals surface area contributed by atoms with E-state index in [-0.39, 0.29) is 11.5 Å². The lowest BCUT2D eigenvalue weighted by atomic mass is 9.86. The van der Waals surface area contributed by atoms with Crippen LogP contribution in [0.5, 0.6) is 0 Å². The number of carbonyl (C=O) groups excluding carboxylic acids is 1. The van der Waals surface area contributed by atoms with Crippen LogP contribution in [0.15, 0.2) is 53.3 Å². The molecule has 1 aliphatic carbocycles. The van der Waals surface area contributed by atoms with E-state index in [1.165, 1.54) is 10.7 Å². The normalized spacial score (nSPS) is 22.0. The molecule has 2 aromatic rings. The lowest BCUT2D eigenvalue weighted by Gasteiger charge is -2.17. The van der Waals surface area contributed by atoms with Gasteiger partial charge in [0.2, 0.25) is 0 Å². The average Bonchev–Trinajstić information content (AvgIpc) is 3.08. The number of hydrogen-bond donors (Lipinski definition) is 0. The number of aryl methyl sites for hydroxylation is 1. The van der Waals surface area contributed by atoms with Crippen molar-refractivity contribution >= 4 is 5.91 Å². The summed E-state index contributed by atoms with van der Waals surface area (Å²) in [6, 6.07) is 10.7. The maximum atomic E-state index is 12.8. The molecule has 4 rings (SSSR count). The highest BCUT2D eigenvalue weighted by molar-refractivity contribution is 5.94. The molecular formula is C20H21N3O2. The van der Waals surface area contributed by atoms with E-state index >= 15 is 0 Å². The Labute approximate surface area is 146 Å². The molecule has 0 bridgehead atoms. The number of benzene rings is 1. The van der Waals surface area contributed by atoms with E-state index in [2.05, 4.69) is 17.3 Å². The first-order valence-electron chi connectivity index (χ1n) is 8.71. The number of allylic oxidation sites excluding steroid dienone is 2. The maximum absolute atomic E-state index is 12.8. The highest BCUT2D eigenvalue weighted by Gasteiger charge is 2.35. The molecule has 1 amide bonds. The van der Waals surface area contributed by atoms with E-state index in [0.29, 0.717) is 17.4 Å². The number of hydrogen-bond acceptors (Lipinski definition) is 3. The van der Waals surface area contributed by atoms with Crippen LogP contribution in [0.25, 0.3) is 11.3 Å². The van der Waals surface area contributed by atoms with Gasteiger partial charge in [0.1, 0.15) is 0 Å². The zero-order valence-corrected chi connectivity index (χ0v) is 14.3. The van der Waals surface area contributed by atoms with Gasteiger partial charge in [-0.15, -0.1) is 0 Å². The molecule has 2 atom stereocenters. The zero-order valence-electron chi connectivity index (χ0n) is 14.3. The first kappa shape index (κ1) is 15.8. The summed E-state index contributed by atoms with van der Waals surface area (Å²) in [5.41, 5.74) is 2.19. The van der Waals surface area contributed by atoms with Gasteiger partial charge in [-0.2, -0.15) is 5.10 Å². The predicted octanol–water partition coefficient (Wildman–Crippen LogP) is 2.49. The molecule has 0 radical (unpaired) electrons. The van der Waals surface area contributed by atoms with Gasteiger partial charge in [-0.1, -0.05) is 24.3 Å². The van der Waals surface area contributed by atoms with Crippen LogP contribution in [0, 0.1) is 11.8 Å². The molecule has 1 fully saturated rings. The number of likely N-dealkylation sites (tertiary alicyclic amines) is 1. The molecule has 0 unspecified atom stereocenters. The standard InChI is InChI=1S/C20H21N3O2/c1-22-19(24)11-10-18(21-22)14-6-8-15(9-7-14)20(25)23-12-16-4-2-3-5-17(16)13-23/h2-3,6-11,16-17H,4-5,12-13H2,1H3/t16-,17+. The highest BCUT2D eigenvalue weighted by Crippen LogP contribution is 2.33. The molecular weight excluding hydrogens is 314 g/mol. The SMILES string of the molecule is Cn1nc(-c2ccc(C(=O)N3C[C@H]4CC=CC[C@H]4C3)cc2)ccc1=O. The Kier molecular flexibility index (Phi) is 3.99. The van der Waals surface area contributed by atoms with Crippen molar-refractivity contribution in [3.8, 4) is 11.3 Å². The number of nitrogens with zero attached hydrogens (tertiary/aromatic N) is 3. The largest absolute Gasteiger partial charge is 0.338 e. The Balaban J connectivity index is 1.51. The van der Waals surface area contributed by atoms with E-state index in [9.17, 15) is 9.59 Å². The molecule has 1 saturated heterocycles. The van der Waals surface area contributed by atoms with Gasteiger partial charge in [0, 0.05) is 37.3 Å². The van der Waals surface area contributed by atoms with Crippen molar-refractivity contribution < 1.29 is 4.79 Å². The molecule has 0 spiro atoms. The van der Waals surface area contributed by atoms with Gasteiger partial charge in [-0.25, -0.2) is 4.68 Å². The van der Waals surface area contributed by atoms with Crippen LogP contribution in [-0.2, 0) is 7.05 Å². The summed E-state index contributed by atoms with van der Waals surface area (Å²) in [4.78, 5) is 26.2. The van der Waals surface area contributed by atoms with Gasteiger partial charge < -0.3 is 4.90 Å². The lowest BCUT2D eigenvalue weighted by molar-refractivity contribution is 0.0784. The van der Waals surface area contributed by atoms with E-state index < -0.39 is 0 Å². The summed E-state index contributed by atoms with van der Waals surface area (Å²) in [5.74, 6) is 1.33. The minimum absolute atomic E-state index is 0.106. The number of fused-ring (bicyclic) bond motifs is 1. The van der Waals surface area contributed by atoms with Crippen molar-refractivity contribution in [3.05, 3.63) is 64.5 Å². The highest BCUT2D eigenvalue weighted by atomic mass is 16.2. The molecule has 0 N–H and O–H groups in total. The van der Waals surface area contributed by atoms with Crippen molar-refractivity contribution in [1.29, 1.82) is 0 Å². The van der Waals surface area contributed by atoms with Gasteiger partial charge in [0.05, 0.1) is 5.69 Å². The van der Waals surface area contributed by atoms with Crippen molar-refractivity contribution in [1.82, 2.24) is 14.7 Å². The third-order valence-corrected chi connectivity index (χ3v) is 5.30. The predicted molar refractivity (Wildman–Crippen MR) is 96.2 cm³/mol. The molecule has 128 valence electrons. The van der Waals surface area contributed by atoms with Gasteiger partial charge in [0.25, 0.3) is 11.5 Å². The Morgan fingerprint density at radius 2 is 1.64 bits per heavy atom. The van der Waals surface area contributed by atoms with E-state index in [0.717, 1.165) is 37.2 Å². The van der Waals surface area contributed by atoms with Crippen molar-refractivity contribution in [2.75, 3.05) is 13.1 Å². The topological polar surface area (TPSA) is 55.2 Å². The fraction of sp³-hybridized carbons (Fsp3) is 0.350. The van der Waals surface area contributed by atoms with Crippen LogP contribution in [0.4, 0.5) is 0 Å². The van der Waals surface area contributed by atoms with Gasteiger partial charge in [-0.3, -0.25) is 9.59 Å². The summed E-state index contributed by atoms with van der Waals surface area (Å²) in [6.07, 6.45) is 6.66. The minimum Gasteiger partial charge on any atom is -0.338 e. The first-order chi connectivity index (χ1) is 12.1. The first-order valence-corrected chi connectivity index (χ1v) is 8.71. The minimum atomic E-state index is -0.138. The zero-order chi connectivity index (χ0) is 17.4. The molecule has 1 aromatic heterocycles. The van der Waals surface area contributed by atoms with E-state index in [1.807, 2.05) is 29.2 Å². The molecule has 2 heterocycles. The van der Waals surface area contributed by atoms with E-state index in [1.54, 1.807) is 13.1 Å². The fourth-order valence-electron chi connectivity index (χ4n) is 3.80. The maximum Gasteiger partial charge on any atom is 0.266 e.